The zero-order chi connectivity index (χ0) is 26.7. The summed E-state index contributed by atoms with van der Waals surface area (Å²) in [5.74, 6) is 1.91. The molecule has 1 aliphatic heterocycles. The number of aromatic nitrogens is 5. The lowest BCUT2D eigenvalue weighted by Gasteiger charge is -2.32. The first-order valence-corrected chi connectivity index (χ1v) is 14.2. The van der Waals surface area contributed by atoms with Gasteiger partial charge in [-0.1, -0.05) is 48.0 Å². The number of anilines is 1. The van der Waals surface area contributed by atoms with Gasteiger partial charge in [0.05, 0.1) is 36.9 Å². The van der Waals surface area contributed by atoms with Crippen molar-refractivity contribution >= 4 is 27.4 Å². The topological polar surface area (TPSA) is 112 Å². The highest BCUT2D eigenvalue weighted by Crippen LogP contribution is 2.37. The van der Waals surface area contributed by atoms with E-state index in [0.717, 1.165) is 5.56 Å². The Bertz CT molecular complexity index is 1490. The third-order valence-electron chi connectivity index (χ3n) is 6.49. The molecule has 0 radical (unpaired) electrons. The minimum absolute atomic E-state index is 0.270. The van der Waals surface area contributed by atoms with E-state index in [2.05, 4.69) is 20.2 Å². The van der Waals surface area contributed by atoms with E-state index in [1.54, 1.807) is 37.0 Å². The van der Waals surface area contributed by atoms with Crippen LogP contribution in [0.2, 0.25) is 5.02 Å². The number of hydrogen-bond acceptors (Lipinski definition) is 9. The van der Waals surface area contributed by atoms with Crippen LogP contribution < -0.4 is 14.4 Å². The van der Waals surface area contributed by atoms with E-state index in [1.807, 2.05) is 35.2 Å². The Kier molecular flexibility index (Phi) is 7.48. The van der Waals surface area contributed by atoms with Crippen LogP contribution in [0.1, 0.15) is 18.7 Å². The molecule has 1 atom stereocenters. The van der Waals surface area contributed by atoms with Crippen LogP contribution in [0.5, 0.6) is 11.5 Å². The normalized spacial score (nSPS) is 15.9. The Morgan fingerprint density at radius 3 is 2.32 bits per heavy atom. The third kappa shape index (κ3) is 5.16. The van der Waals surface area contributed by atoms with Crippen LogP contribution in [0.4, 0.5) is 5.95 Å². The molecule has 198 valence electrons. The monoisotopic (exact) mass is 554 g/mol. The number of nitrogens with zero attached hydrogens (tertiary/aromatic N) is 6. The SMILES string of the molecule is COc1cccc(OC)c1-n1c(CS(=O)(=O)[C@H]2CCCN(c3ncc(Cl)cn3)C2)nnc1-c1ccccc1. The smallest absolute Gasteiger partial charge is 0.225 e. The van der Waals surface area contributed by atoms with Gasteiger partial charge in [0.15, 0.2) is 21.5 Å². The molecule has 0 aliphatic carbocycles. The van der Waals surface area contributed by atoms with Crippen molar-refractivity contribution in [2.24, 2.45) is 0 Å². The van der Waals surface area contributed by atoms with E-state index in [0.29, 0.717) is 53.4 Å². The number of hydrogen-bond donors (Lipinski definition) is 0. The lowest BCUT2D eigenvalue weighted by molar-refractivity contribution is 0.390. The van der Waals surface area contributed by atoms with Crippen LogP contribution in [0, 0.1) is 0 Å². The number of ether oxygens (including phenoxy) is 2. The van der Waals surface area contributed by atoms with E-state index < -0.39 is 15.1 Å². The minimum atomic E-state index is -3.65. The number of sulfone groups is 1. The molecule has 0 saturated carbocycles. The highest BCUT2D eigenvalue weighted by atomic mass is 35.5. The molecule has 0 unspecified atom stereocenters. The van der Waals surface area contributed by atoms with E-state index in [1.165, 1.54) is 12.4 Å². The van der Waals surface area contributed by atoms with Crippen molar-refractivity contribution in [2.45, 2.75) is 23.8 Å². The van der Waals surface area contributed by atoms with Gasteiger partial charge in [0, 0.05) is 18.7 Å². The summed E-state index contributed by atoms with van der Waals surface area (Å²) in [6.45, 7) is 0.946. The maximum absolute atomic E-state index is 13.8. The fraction of sp³-hybridized carbons (Fsp3) is 0.308. The second-order valence-electron chi connectivity index (χ2n) is 8.87. The fourth-order valence-corrected chi connectivity index (χ4v) is 6.46. The zero-order valence-electron chi connectivity index (χ0n) is 21.0. The molecular formula is C26H27ClN6O4S. The summed E-state index contributed by atoms with van der Waals surface area (Å²) in [4.78, 5) is 10.4. The molecule has 12 heteroatoms. The van der Waals surface area contributed by atoms with Gasteiger partial charge in [-0.3, -0.25) is 4.57 Å². The average Bonchev–Trinajstić information content (AvgIpc) is 3.35. The molecule has 0 N–H and O–H groups in total. The number of piperidine rings is 1. The van der Waals surface area contributed by atoms with Gasteiger partial charge < -0.3 is 14.4 Å². The summed E-state index contributed by atoms with van der Waals surface area (Å²) >= 11 is 5.92. The molecule has 1 aliphatic rings. The second kappa shape index (κ2) is 11.0. The second-order valence-corrected chi connectivity index (χ2v) is 11.6. The first kappa shape index (κ1) is 25.9. The Labute approximate surface area is 226 Å². The van der Waals surface area contributed by atoms with Gasteiger partial charge in [0.1, 0.15) is 22.9 Å². The lowest BCUT2D eigenvalue weighted by Crippen LogP contribution is -2.43. The largest absolute Gasteiger partial charge is 0.494 e. The molecule has 1 saturated heterocycles. The van der Waals surface area contributed by atoms with Crippen LogP contribution >= 0.6 is 11.6 Å². The molecule has 1 fully saturated rings. The van der Waals surface area contributed by atoms with E-state index in [-0.39, 0.29) is 18.1 Å². The fourth-order valence-electron chi connectivity index (χ4n) is 4.65. The van der Waals surface area contributed by atoms with E-state index in [4.69, 9.17) is 21.1 Å². The van der Waals surface area contributed by atoms with Gasteiger partial charge in [0.25, 0.3) is 0 Å². The van der Waals surface area contributed by atoms with Crippen LogP contribution in [0.3, 0.4) is 0 Å². The van der Waals surface area contributed by atoms with Crippen LogP contribution in [-0.2, 0) is 15.6 Å². The summed E-state index contributed by atoms with van der Waals surface area (Å²) < 4.78 is 40.6. The van der Waals surface area contributed by atoms with Crippen molar-refractivity contribution in [3.63, 3.8) is 0 Å². The first-order chi connectivity index (χ1) is 18.4. The third-order valence-corrected chi connectivity index (χ3v) is 8.75. The number of methoxy groups -OCH3 is 2. The van der Waals surface area contributed by atoms with E-state index in [9.17, 15) is 8.42 Å². The predicted molar refractivity (Wildman–Crippen MR) is 145 cm³/mol. The molecule has 3 heterocycles. The summed E-state index contributed by atoms with van der Waals surface area (Å²) in [6, 6.07) is 14.8. The highest BCUT2D eigenvalue weighted by molar-refractivity contribution is 7.91. The molecule has 2 aromatic heterocycles. The molecular weight excluding hydrogens is 528 g/mol. The number of para-hydroxylation sites is 1. The summed E-state index contributed by atoms with van der Waals surface area (Å²) in [5.41, 5.74) is 1.31. The summed E-state index contributed by atoms with van der Waals surface area (Å²) in [6.07, 6.45) is 4.24. The molecule has 5 rings (SSSR count). The highest BCUT2D eigenvalue weighted by Gasteiger charge is 2.34. The Morgan fingerprint density at radius 1 is 0.974 bits per heavy atom. The maximum atomic E-state index is 13.8. The molecule has 2 aromatic carbocycles. The van der Waals surface area contributed by atoms with Crippen molar-refractivity contribution in [1.82, 2.24) is 24.7 Å². The van der Waals surface area contributed by atoms with E-state index >= 15 is 0 Å². The van der Waals surface area contributed by atoms with Gasteiger partial charge in [-0.25, -0.2) is 18.4 Å². The van der Waals surface area contributed by atoms with Gasteiger partial charge in [0.2, 0.25) is 5.95 Å². The minimum Gasteiger partial charge on any atom is -0.494 e. The quantitative estimate of drug-likeness (QED) is 0.319. The standard InChI is InChI=1S/C26H27ClN6O4S/c1-36-21-11-6-12-22(37-2)24(21)33-23(30-31-25(33)18-8-4-3-5-9-18)17-38(34,35)20-10-7-13-32(16-20)26-28-14-19(27)15-29-26/h3-6,8-9,11-12,14-15,20H,7,10,13,16-17H2,1-2H3/t20-/m0/s1. The predicted octanol–water partition coefficient (Wildman–Crippen LogP) is 3.98. The average molecular weight is 555 g/mol. The number of rotatable bonds is 8. The lowest BCUT2D eigenvalue weighted by atomic mass is 10.1. The molecule has 0 amide bonds. The van der Waals surface area contributed by atoms with Crippen molar-refractivity contribution in [1.29, 1.82) is 0 Å². The van der Waals surface area contributed by atoms with Gasteiger partial charge in [-0.2, -0.15) is 0 Å². The molecule has 0 spiro atoms. The number of halogens is 1. The molecule has 4 aromatic rings. The Balaban J connectivity index is 1.54. The van der Waals surface area contributed by atoms with Gasteiger partial charge >= 0.3 is 0 Å². The van der Waals surface area contributed by atoms with Crippen LogP contribution in [0.15, 0.2) is 60.9 Å². The van der Waals surface area contributed by atoms with Crippen molar-refractivity contribution < 1.29 is 17.9 Å². The first-order valence-electron chi connectivity index (χ1n) is 12.1. The maximum Gasteiger partial charge on any atom is 0.225 e. The van der Waals surface area contributed by atoms with Crippen molar-refractivity contribution in [3.8, 4) is 28.6 Å². The van der Waals surface area contributed by atoms with Gasteiger partial charge in [-0.15, -0.1) is 10.2 Å². The van der Waals surface area contributed by atoms with Crippen LogP contribution in [0.25, 0.3) is 17.1 Å². The Morgan fingerprint density at radius 2 is 1.66 bits per heavy atom. The van der Waals surface area contributed by atoms with Crippen LogP contribution in [-0.4, -0.2) is 65.7 Å². The molecule has 0 bridgehead atoms. The van der Waals surface area contributed by atoms with Crippen molar-refractivity contribution in [2.75, 3.05) is 32.2 Å². The summed E-state index contributed by atoms with van der Waals surface area (Å²) in [7, 11) is -0.548. The molecule has 38 heavy (non-hydrogen) atoms. The van der Waals surface area contributed by atoms with Crippen molar-refractivity contribution in [3.05, 3.63) is 71.8 Å². The molecule has 10 nitrogen and oxygen atoms in total. The number of benzene rings is 2. The summed E-state index contributed by atoms with van der Waals surface area (Å²) in [5, 5.41) is 8.57. The Hall–Kier alpha value is -3.70. The van der Waals surface area contributed by atoms with Gasteiger partial charge in [-0.05, 0) is 25.0 Å². The zero-order valence-corrected chi connectivity index (χ0v) is 22.6.